The number of esters is 1. The molecule has 1 heterocycles. The molecule has 2 rings (SSSR count). The molecular weight excluding hydrogens is 364 g/mol. The van der Waals surface area contributed by atoms with Crippen molar-refractivity contribution >= 4 is 11.9 Å². The topological polar surface area (TPSA) is 60.3 Å². The number of ether oxygens (including phenoxy) is 1. The van der Waals surface area contributed by atoms with Crippen LogP contribution in [0.2, 0.25) is 0 Å². The van der Waals surface area contributed by atoms with Crippen LogP contribution < -0.4 is 5.32 Å². The SMILES string of the molecule is CCOC(=O)c1c(C)c(C(=O)NC2CCCCCCCCCCC2)c(C)n1CC. The molecule has 5 heteroatoms. The molecule has 1 saturated carbocycles. The normalized spacial score (nSPS) is 17.2. The lowest BCUT2D eigenvalue weighted by Crippen LogP contribution is -2.35. The second kappa shape index (κ2) is 12.0. The number of carbonyl (C=O) groups excluding carboxylic acids is 2. The zero-order valence-electron chi connectivity index (χ0n) is 18.9. The van der Waals surface area contributed by atoms with Gasteiger partial charge in [-0.2, -0.15) is 0 Å². The minimum atomic E-state index is -0.347. The molecule has 29 heavy (non-hydrogen) atoms. The molecule has 1 fully saturated rings. The molecule has 0 spiro atoms. The molecule has 1 aromatic rings. The number of aromatic nitrogens is 1. The molecule has 5 nitrogen and oxygen atoms in total. The van der Waals surface area contributed by atoms with Crippen molar-refractivity contribution in [2.45, 2.75) is 111 Å². The Labute approximate surface area is 176 Å². The number of amides is 1. The quantitative estimate of drug-likeness (QED) is 0.640. The van der Waals surface area contributed by atoms with Crippen LogP contribution in [-0.2, 0) is 11.3 Å². The van der Waals surface area contributed by atoms with Crippen molar-refractivity contribution in [1.82, 2.24) is 9.88 Å². The van der Waals surface area contributed by atoms with Gasteiger partial charge in [-0.3, -0.25) is 4.79 Å². The zero-order valence-corrected chi connectivity index (χ0v) is 18.9. The van der Waals surface area contributed by atoms with Gasteiger partial charge in [0.15, 0.2) is 0 Å². The first-order valence-electron chi connectivity index (χ1n) is 11.7. The summed E-state index contributed by atoms with van der Waals surface area (Å²) in [4.78, 5) is 25.7. The van der Waals surface area contributed by atoms with E-state index in [4.69, 9.17) is 4.74 Å². The molecule has 0 radical (unpaired) electrons. The van der Waals surface area contributed by atoms with E-state index in [9.17, 15) is 9.59 Å². The third kappa shape index (κ3) is 6.35. The van der Waals surface area contributed by atoms with Gasteiger partial charge in [0.05, 0.1) is 12.2 Å². The van der Waals surface area contributed by atoms with Gasteiger partial charge in [-0.15, -0.1) is 0 Å². The van der Waals surface area contributed by atoms with Crippen LogP contribution in [0.3, 0.4) is 0 Å². The highest BCUT2D eigenvalue weighted by Gasteiger charge is 2.27. The molecule has 0 aromatic carbocycles. The van der Waals surface area contributed by atoms with E-state index in [1.807, 2.05) is 25.3 Å². The van der Waals surface area contributed by atoms with Gasteiger partial charge in [-0.1, -0.05) is 57.8 Å². The van der Waals surface area contributed by atoms with E-state index in [1.165, 1.54) is 57.8 Å². The van der Waals surface area contributed by atoms with Crippen molar-refractivity contribution in [3.63, 3.8) is 0 Å². The summed E-state index contributed by atoms with van der Waals surface area (Å²) >= 11 is 0. The van der Waals surface area contributed by atoms with Crippen LogP contribution in [0, 0.1) is 13.8 Å². The van der Waals surface area contributed by atoms with Gasteiger partial charge in [0, 0.05) is 18.3 Å². The second-order valence-electron chi connectivity index (χ2n) is 8.33. The predicted octanol–water partition coefficient (Wildman–Crippen LogP) is 5.70. The lowest BCUT2D eigenvalue weighted by molar-refractivity contribution is 0.0512. The summed E-state index contributed by atoms with van der Waals surface area (Å²) in [7, 11) is 0. The van der Waals surface area contributed by atoms with E-state index in [-0.39, 0.29) is 17.9 Å². The Bertz CT molecular complexity index is 666. The summed E-state index contributed by atoms with van der Waals surface area (Å²) < 4.78 is 7.14. The smallest absolute Gasteiger partial charge is 0.355 e. The Kier molecular flexibility index (Phi) is 9.75. The molecule has 1 N–H and O–H groups in total. The Balaban J connectivity index is 2.16. The first-order chi connectivity index (χ1) is 14.0. The molecule has 1 aliphatic carbocycles. The fourth-order valence-electron chi connectivity index (χ4n) is 4.65. The third-order valence-corrected chi connectivity index (χ3v) is 6.22. The molecule has 0 bridgehead atoms. The lowest BCUT2D eigenvalue weighted by Gasteiger charge is -2.20. The maximum atomic E-state index is 13.2. The zero-order chi connectivity index (χ0) is 21.2. The van der Waals surface area contributed by atoms with Crippen molar-refractivity contribution in [2.24, 2.45) is 0 Å². The maximum absolute atomic E-state index is 13.2. The Morgan fingerprint density at radius 3 is 1.93 bits per heavy atom. The van der Waals surface area contributed by atoms with E-state index < -0.39 is 0 Å². The summed E-state index contributed by atoms with van der Waals surface area (Å²) in [6.45, 7) is 8.55. The molecule has 0 saturated heterocycles. The van der Waals surface area contributed by atoms with Gasteiger partial charge in [-0.05, 0) is 46.1 Å². The van der Waals surface area contributed by atoms with Crippen molar-refractivity contribution in [1.29, 1.82) is 0 Å². The van der Waals surface area contributed by atoms with Crippen molar-refractivity contribution in [2.75, 3.05) is 6.61 Å². The van der Waals surface area contributed by atoms with Gasteiger partial charge in [0.1, 0.15) is 5.69 Å². The first kappa shape index (κ1) is 23.5. The van der Waals surface area contributed by atoms with E-state index >= 15 is 0 Å². The molecule has 1 aliphatic rings. The highest BCUT2D eigenvalue weighted by molar-refractivity contribution is 6.01. The number of rotatable bonds is 5. The minimum Gasteiger partial charge on any atom is -0.461 e. The van der Waals surface area contributed by atoms with Crippen LogP contribution in [-0.4, -0.2) is 29.1 Å². The van der Waals surface area contributed by atoms with Crippen molar-refractivity contribution < 1.29 is 14.3 Å². The Hall–Kier alpha value is -1.78. The van der Waals surface area contributed by atoms with Crippen LogP contribution in [0.4, 0.5) is 0 Å². The average Bonchev–Trinajstić information content (AvgIpc) is 2.93. The van der Waals surface area contributed by atoms with E-state index in [2.05, 4.69) is 5.32 Å². The number of nitrogens with zero attached hydrogens (tertiary/aromatic N) is 1. The highest BCUT2D eigenvalue weighted by Crippen LogP contribution is 2.24. The van der Waals surface area contributed by atoms with Gasteiger partial charge in [0.2, 0.25) is 0 Å². The molecule has 0 aliphatic heterocycles. The molecule has 1 aromatic heterocycles. The van der Waals surface area contributed by atoms with E-state index in [0.717, 1.165) is 24.1 Å². The lowest BCUT2D eigenvalue weighted by atomic mass is 9.97. The van der Waals surface area contributed by atoms with Crippen LogP contribution in [0.15, 0.2) is 0 Å². The van der Waals surface area contributed by atoms with Gasteiger partial charge < -0.3 is 14.6 Å². The molecular formula is C24H40N2O3. The minimum absolute atomic E-state index is 0.0464. The van der Waals surface area contributed by atoms with Gasteiger partial charge in [0.25, 0.3) is 5.91 Å². The van der Waals surface area contributed by atoms with Crippen LogP contribution in [0.1, 0.15) is 117 Å². The highest BCUT2D eigenvalue weighted by atomic mass is 16.5. The standard InChI is InChI=1S/C24H40N2O3/c1-5-26-19(4)21(18(3)22(26)24(28)29-6-2)23(27)25-20-16-14-12-10-8-7-9-11-13-15-17-20/h20H,5-17H2,1-4H3,(H,25,27). The Morgan fingerprint density at radius 2 is 1.45 bits per heavy atom. The fourth-order valence-corrected chi connectivity index (χ4v) is 4.65. The maximum Gasteiger partial charge on any atom is 0.355 e. The van der Waals surface area contributed by atoms with E-state index in [0.29, 0.717) is 24.4 Å². The van der Waals surface area contributed by atoms with Gasteiger partial charge >= 0.3 is 5.97 Å². The monoisotopic (exact) mass is 404 g/mol. The first-order valence-corrected chi connectivity index (χ1v) is 11.7. The third-order valence-electron chi connectivity index (χ3n) is 6.22. The summed E-state index contributed by atoms with van der Waals surface area (Å²) in [5.74, 6) is -0.394. The second-order valence-corrected chi connectivity index (χ2v) is 8.33. The van der Waals surface area contributed by atoms with Crippen molar-refractivity contribution in [3.05, 3.63) is 22.5 Å². The predicted molar refractivity (Wildman–Crippen MR) is 118 cm³/mol. The number of hydrogen-bond donors (Lipinski definition) is 1. The fraction of sp³-hybridized carbons (Fsp3) is 0.750. The summed E-state index contributed by atoms with van der Waals surface area (Å²) in [6, 6.07) is 0.219. The largest absolute Gasteiger partial charge is 0.461 e. The molecule has 1 amide bonds. The Morgan fingerprint density at radius 1 is 0.931 bits per heavy atom. The molecule has 164 valence electrons. The van der Waals surface area contributed by atoms with Crippen molar-refractivity contribution in [3.8, 4) is 0 Å². The number of nitrogens with one attached hydrogen (secondary N) is 1. The number of hydrogen-bond acceptors (Lipinski definition) is 3. The number of carbonyl (C=O) groups is 2. The van der Waals surface area contributed by atoms with Crippen LogP contribution in [0.5, 0.6) is 0 Å². The average molecular weight is 405 g/mol. The molecule has 0 unspecified atom stereocenters. The van der Waals surface area contributed by atoms with Crippen LogP contribution in [0.25, 0.3) is 0 Å². The van der Waals surface area contributed by atoms with Gasteiger partial charge in [-0.25, -0.2) is 4.79 Å². The van der Waals surface area contributed by atoms with E-state index in [1.54, 1.807) is 6.92 Å². The summed E-state index contributed by atoms with van der Waals surface area (Å²) in [6.07, 6.45) is 13.6. The molecule has 0 atom stereocenters. The summed E-state index contributed by atoms with van der Waals surface area (Å²) in [5, 5.41) is 3.30. The van der Waals surface area contributed by atoms with Crippen LogP contribution >= 0.6 is 0 Å². The summed E-state index contributed by atoms with van der Waals surface area (Å²) in [5.41, 5.74) is 2.73.